The highest BCUT2D eigenvalue weighted by Gasteiger charge is 2.20. The lowest BCUT2D eigenvalue weighted by Gasteiger charge is -2.18. The quantitative estimate of drug-likeness (QED) is 0.831. The number of carbonyl (C=O) groups excluding carboxylic acids is 1. The molecule has 6 heteroatoms. The van der Waals surface area contributed by atoms with Gasteiger partial charge in [-0.25, -0.2) is 4.79 Å². The monoisotopic (exact) mass is 283 g/mol. The maximum Gasteiger partial charge on any atom is 0.413 e. The van der Waals surface area contributed by atoms with Crippen molar-refractivity contribution in [2.75, 3.05) is 11.9 Å². The standard InChI is InChI=1S/C13H21N3O2S/c1-2-3-9-18-13(17)14-12-16-15-11(19-12)10-7-5-4-6-8-10/h10H,2-9H2,1H3,(H,14,16,17). The SMILES string of the molecule is CCCCOC(=O)Nc1nnc(C2CCCCC2)s1. The Labute approximate surface area is 117 Å². The number of hydrogen-bond donors (Lipinski definition) is 1. The van der Waals surface area contributed by atoms with E-state index in [0.717, 1.165) is 17.8 Å². The van der Waals surface area contributed by atoms with E-state index in [9.17, 15) is 4.79 Å². The molecular formula is C13H21N3O2S. The number of nitrogens with zero attached hydrogens (tertiary/aromatic N) is 2. The van der Waals surface area contributed by atoms with Crippen LogP contribution in [0, 0.1) is 0 Å². The van der Waals surface area contributed by atoms with E-state index in [-0.39, 0.29) is 0 Å². The summed E-state index contributed by atoms with van der Waals surface area (Å²) in [4.78, 5) is 11.5. The predicted octanol–water partition coefficient (Wildman–Crippen LogP) is 3.93. The minimum Gasteiger partial charge on any atom is -0.449 e. The molecule has 1 saturated carbocycles. The summed E-state index contributed by atoms with van der Waals surface area (Å²) in [6.45, 7) is 2.51. The Morgan fingerprint density at radius 3 is 2.89 bits per heavy atom. The summed E-state index contributed by atoms with van der Waals surface area (Å²) in [6, 6.07) is 0. The Kier molecular flexibility index (Phi) is 5.57. The molecule has 1 aliphatic carbocycles. The summed E-state index contributed by atoms with van der Waals surface area (Å²) >= 11 is 1.47. The molecule has 0 radical (unpaired) electrons. The fraction of sp³-hybridized carbons (Fsp3) is 0.769. The third-order valence-electron chi connectivity index (χ3n) is 3.34. The van der Waals surface area contributed by atoms with E-state index in [1.165, 1.54) is 43.4 Å². The van der Waals surface area contributed by atoms with Gasteiger partial charge in [0.05, 0.1) is 6.61 Å². The van der Waals surface area contributed by atoms with Crippen molar-refractivity contribution in [2.45, 2.75) is 57.8 Å². The molecule has 1 N–H and O–H groups in total. The second kappa shape index (κ2) is 7.43. The highest BCUT2D eigenvalue weighted by Crippen LogP contribution is 2.35. The van der Waals surface area contributed by atoms with Gasteiger partial charge in [-0.05, 0) is 19.3 Å². The van der Waals surface area contributed by atoms with E-state index in [1.807, 2.05) is 0 Å². The molecule has 19 heavy (non-hydrogen) atoms. The fourth-order valence-corrected chi connectivity index (χ4v) is 3.13. The number of nitrogens with one attached hydrogen (secondary N) is 1. The molecule has 1 aromatic heterocycles. The molecule has 1 aliphatic rings. The molecule has 1 aromatic rings. The summed E-state index contributed by atoms with van der Waals surface area (Å²) in [7, 11) is 0. The van der Waals surface area contributed by atoms with E-state index in [1.54, 1.807) is 0 Å². The van der Waals surface area contributed by atoms with Gasteiger partial charge in [0.2, 0.25) is 5.13 Å². The van der Waals surface area contributed by atoms with Crippen LogP contribution < -0.4 is 5.32 Å². The number of rotatable bonds is 5. The molecule has 1 fully saturated rings. The zero-order valence-electron chi connectivity index (χ0n) is 11.4. The molecule has 0 spiro atoms. The van der Waals surface area contributed by atoms with Crippen LogP contribution in [-0.2, 0) is 4.74 Å². The van der Waals surface area contributed by atoms with Crippen LogP contribution >= 0.6 is 11.3 Å². The number of anilines is 1. The molecule has 5 nitrogen and oxygen atoms in total. The van der Waals surface area contributed by atoms with Gasteiger partial charge in [-0.2, -0.15) is 0 Å². The molecule has 1 amide bonds. The molecule has 0 aliphatic heterocycles. The molecule has 0 atom stereocenters. The van der Waals surface area contributed by atoms with Crippen LogP contribution in [0.5, 0.6) is 0 Å². The van der Waals surface area contributed by atoms with Crippen molar-refractivity contribution in [3.63, 3.8) is 0 Å². The highest BCUT2D eigenvalue weighted by atomic mass is 32.1. The van der Waals surface area contributed by atoms with E-state index < -0.39 is 6.09 Å². The molecule has 0 aromatic carbocycles. The molecule has 0 unspecified atom stereocenters. The lowest BCUT2D eigenvalue weighted by Crippen LogP contribution is -2.14. The Morgan fingerprint density at radius 1 is 1.37 bits per heavy atom. The first-order chi connectivity index (χ1) is 9.29. The lowest BCUT2D eigenvalue weighted by molar-refractivity contribution is 0.160. The second-order valence-electron chi connectivity index (χ2n) is 4.89. The van der Waals surface area contributed by atoms with Crippen molar-refractivity contribution in [3.05, 3.63) is 5.01 Å². The van der Waals surface area contributed by atoms with Crippen molar-refractivity contribution in [2.24, 2.45) is 0 Å². The van der Waals surface area contributed by atoms with Crippen molar-refractivity contribution in [1.29, 1.82) is 0 Å². The first kappa shape index (κ1) is 14.2. The van der Waals surface area contributed by atoms with Crippen LogP contribution in [0.1, 0.15) is 62.8 Å². The highest BCUT2D eigenvalue weighted by molar-refractivity contribution is 7.15. The number of amides is 1. The smallest absolute Gasteiger partial charge is 0.413 e. The Morgan fingerprint density at radius 2 is 2.16 bits per heavy atom. The van der Waals surface area contributed by atoms with Crippen molar-refractivity contribution in [3.8, 4) is 0 Å². The van der Waals surface area contributed by atoms with Gasteiger partial charge in [-0.15, -0.1) is 10.2 Å². The molecule has 106 valence electrons. The molecular weight excluding hydrogens is 262 g/mol. The molecule has 1 heterocycles. The number of carbonyl (C=O) groups is 1. The first-order valence-corrected chi connectivity index (χ1v) is 7.88. The van der Waals surface area contributed by atoms with Gasteiger partial charge in [0.15, 0.2) is 0 Å². The molecule has 0 saturated heterocycles. The Hall–Kier alpha value is -1.17. The maximum absolute atomic E-state index is 11.5. The number of aromatic nitrogens is 2. The number of hydrogen-bond acceptors (Lipinski definition) is 5. The van der Waals surface area contributed by atoms with Crippen LogP contribution in [0.2, 0.25) is 0 Å². The van der Waals surface area contributed by atoms with E-state index in [0.29, 0.717) is 17.7 Å². The largest absolute Gasteiger partial charge is 0.449 e. The minimum atomic E-state index is -0.431. The topological polar surface area (TPSA) is 64.1 Å². The van der Waals surface area contributed by atoms with Crippen LogP contribution in [0.25, 0.3) is 0 Å². The van der Waals surface area contributed by atoms with Gasteiger partial charge in [-0.3, -0.25) is 5.32 Å². The third kappa shape index (κ3) is 4.45. The number of ether oxygens (including phenoxy) is 1. The zero-order chi connectivity index (χ0) is 13.5. The Balaban J connectivity index is 1.81. The van der Waals surface area contributed by atoms with E-state index >= 15 is 0 Å². The van der Waals surface area contributed by atoms with Gasteiger partial charge in [0.25, 0.3) is 0 Å². The summed E-state index contributed by atoms with van der Waals surface area (Å²) in [5.74, 6) is 0.526. The van der Waals surface area contributed by atoms with Gasteiger partial charge < -0.3 is 4.74 Å². The summed E-state index contributed by atoms with van der Waals surface area (Å²) < 4.78 is 5.03. The lowest BCUT2D eigenvalue weighted by atomic mass is 9.90. The van der Waals surface area contributed by atoms with Crippen LogP contribution in [0.3, 0.4) is 0 Å². The van der Waals surface area contributed by atoms with Crippen LogP contribution in [0.15, 0.2) is 0 Å². The minimum absolute atomic E-state index is 0.431. The molecule has 0 bridgehead atoms. The zero-order valence-corrected chi connectivity index (χ0v) is 12.2. The van der Waals surface area contributed by atoms with Gasteiger partial charge in [-0.1, -0.05) is 43.9 Å². The van der Waals surface area contributed by atoms with Gasteiger partial charge in [0.1, 0.15) is 5.01 Å². The summed E-state index contributed by atoms with van der Waals surface area (Å²) in [5.41, 5.74) is 0. The summed E-state index contributed by atoms with van der Waals surface area (Å²) in [5, 5.41) is 12.4. The van der Waals surface area contributed by atoms with Crippen molar-refractivity contribution < 1.29 is 9.53 Å². The Bertz CT molecular complexity index is 402. The van der Waals surface area contributed by atoms with Crippen molar-refractivity contribution in [1.82, 2.24) is 10.2 Å². The predicted molar refractivity (Wildman–Crippen MR) is 75.6 cm³/mol. The maximum atomic E-state index is 11.5. The van der Waals surface area contributed by atoms with Crippen LogP contribution in [-0.4, -0.2) is 22.9 Å². The van der Waals surface area contributed by atoms with Gasteiger partial charge in [0, 0.05) is 5.92 Å². The second-order valence-corrected chi connectivity index (χ2v) is 5.90. The number of unbranched alkanes of at least 4 members (excludes halogenated alkanes) is 1. The fourth-order valence-electron chi connectivity index (χ4n) is 2.23. The van der Waals surface area contributed by atoms with E-state index in [2.05, 4.69) is 22.4 Å². The normalized spacial score (nSPS) is 16.3. The average molecular weight is 283 g/mol. The van der Waals surface area contributed by atoms with Crippen molar-refractivity contribution >= 4 is 22.6 Å². The third-order valence-corrected chi connectivity index (χ3v) is 4.34. The summed E-state index contributed by atoms with van der Waals surface area (Å²) in [6.07, 6.45) is 7.71. The first-order valence-electron chi connectivity index (χ1n) is 7.06. The van der Waals surface area contributed by atoms with E-state index in [4.69, 9.17) is 4.74 Å². The van der Waals surface area contributed by atoms with Crippen LogP contribution in [0.4, 0.5) is 9.93 Å². The molecule has 2 rings (SSSR count). The van der Waals surface area contributed by atoms with Gasteiger partial charge >= 0.3 is 6.09 Å². The average Bonchev–Trinajstić information content (AvgIpc) is 2.88.